The highest BCUT2D eigenvalue weighted by Gasteiger charge is 2.74. The Kier molecular flexibility index (Phi) is 2.17. The Morgan fingerprint density at radius 3 is 2.88 bits per heavy atom. The van der Waals surface area contributed by atoms with Crippen molar-refractivity contribution in [2.75, 3.05) is 0 Å². The molecule has 0 radical (unpaired) electrons. The fourth-order valence-corrected chi connectivity index (χ4v) is 4.26. The fraction of sp³-hybridized carbons (Fsp3) is 0.800. The molecule has 0 N–H and O–H groups in total. The lowest BCUT2D eigenvalue weighted by Gasteiger charge is -2.49. The standard InChI is InChI=1S/C15H22O2/c1-9(2)11-5-6-15-13(17-15)12(16)7-10(3)14(15,4)8-11/h10-11,13H,1,5-8H2,2-4H3/t10-,11-,13?,14+,15?/m1/s1. The van der Waals surface area contributed by atoms with Gasteiger partial charge in [0.05, 0.1) is 0 Å². The summed E-state index contributed by atoms with van der Waals surface area (Å²) >= 11 is 0. The van der Waals surface area contributed by atoms with E-state index in [1.807, 2.05) is 0 Å². The van der Waals surface area contributed by atoms with E-state index in [1.165, 1.54) is 5.57 Å². The molecule has 2 nitrogen and oxygen atoms in total. The lowest BCUT2D eigenvalue weighted by molar-refractivity contribution is -0.125. The van der Waals surface area contributed by atoms with Gasteiger partial charge in [0.25, 0.3) is 0 Å². The minimum Gasteiger partial charge on any atom is -0.357 e. The van der Waals surface area contributed by atoms with Crippen LogP contribution in [0, 0.1) is 17.3 Å². The van der Waals surface area contributed by atoms with Crippen molar-refractivity contribution in [2.45, 2.75) is 58.2 Å². The second-order valence-electron chi connectivity index (χ2n) is 6.66. The molecule has 2 unspecified atom stereocenters. The van der Waals surface area contributed by atoms with Crippen molar-refractivity contribution in [2.24, 2.45) is 17.3 Å². The number of hydrogen-bond acceptors (Lipinski definition) is 2. The second-order valence-corrected chi connectivity index (χ2v) is 6.66. The highest BCUT2D eigenvalue weighted by molar-refractivity contribution is 5.89. The van der Waals surface area contributed by atoms with E-state index in [9.17, 15) is 4.79 Å². The molecule has 5 atom stereocenters. The van der Waals surface area contributed by atoms with Crippen LogP contribution in [-0.4, -0.2) is 17.5 Å². The molecule has 94 valence electrons. The SMILES string of the molecule is C=C(C)[C@@H]1CCC23OC2C(=O)C[C@@H](C)[C@]3(C)C1. The topological polar surface area (TPSA) is 29.6 Å². The molecule has 3 aliphatic rings. The summed E-state index contributed by atoms with van der Waals surface area (Å²) in [5.74, 6) is 1.39. The fourth-order valence-electron chi connectivity index (χ4n) is 4.26. The van der Waals surface area contributed by atoms with Crippen LogP contribution in [0.2, 0.25) is 0 Å². The first kappa shape index (κ1) is 11.5. The molecule has 2 aliphatic carbocycles. The molecule has 17 heavy (non-hydrogen) atoms. The highest BCUT2D eigenvalue weighted by Crippen LogP contribution is 2.66. The highest BCUT2D eigenvalue weighted by atomic mass is 16.6. The maximum absolute atomic E-state index is 11.9. The molecule has 3 fully saturated rings. The first-order valence-electron chi connectivity index (χ1n) is 6.76. The number of ether oxygens (including phenoxy) is 1. The molecule has 0 aromatic rings. The molecule has 3 rings (SSSR count). The number of rotatable bonds is 1. The van der Waals surface area contributed by atoms with Gasteiger partial charge >= 0.3 is 0 Å². The summed E-state index contributed by atoms with van der Waals surface area (Å²) < 4.78 is 5.90. The van der Waals surface area contributed by atoms with Crippen molar-refractivity contribution in [3.8, 4) is 0 Å². The number of carbonyl (C=O) groups is 1. The van der Waals surface area contributed by atoms with E-state index in [0.717, 1.165) is 19.3 Å². The van der Waals surface area contributed by atoms with Gasteiger partial charge in [-0.3, -0.25) is 4.79 Å². The Labute approximate surface area is 103 Å². The van der Waals surface area contributed by atoms with Gasteiger partial charge in [-0.2, -0.15) is 0 Å². The zero-order valence-electron chi connectivity index (χ0n) is 11.1. The summed E-state index contributed by atoms with van der Waals surface area (Å²) in [6.45, 7) is 10.8. The van der Waals surface area contributed by atoms with Crippen LogP contribution < -0.4 is 0 Å². The quantitative estimate of drug-likeness (QED) is 0.515. The smallest absolute Gasteiger partial charge is 0.164 e. The Morgan fingerprint density at radius 1 is 1.53 bits per heavy atom. The van der Waals surface area contributed by atoms with Gasteiger partial charge in [-0.15, -0.1) is 0 Å². The Balaban J connectivity index is 1.93. The molecule has 2 heteroatoms. The number of ketones is 1. The molecular weight excluding hydrogens is 212 g/mol. The van der Waals surface area contributed by atoms with Crippen LogP contribution in [0.25, 0.3) is 0 Å². The molecule has 0 aromatic heterocycles. The average molecular weight is 234 g/mol. The van der Waals surface area contributed by atoms with Gasteiger partial charge < -0.3 is 4.74 Å². The van der Waals surface area contributed by atoms with Gasteiger partial charge in [0.2, 0.25) is 0 Å². The molecule has 1 aliphatic heterocycles. The largest absolute Gasteiger partial charge is 0.357 e. The predicted octanol–water partition coefficient (Wildman–Crippen LogP) is 3.12. The van der Waals surface area contributed by atoms with Gasteiger partial charge in [-0.25, -0.2) is 0 Å². The van der Waals surface area contributed by atoms with Crippen molar-refractivity contribution in [1.82, 2.24) is 0 Å². The van der Waals surface area contributed by atoms with Gasteiger partial charge in [-0.1, -0.05) is 26.0 Å². The summed E-state index contributed by atoms with van der Waals surface area (Å²) in [7, 11) is 0. The number of hydrogen-bond donors (Lipinski definition) is 0. The number of allylic oxidation sites excluding steroid dienone is 1. The summed E-state index contributed by atoms with van der Waals surface area (Å²) in [5.41, 5.74) is 1.36. The van der Waals surface area contributed by atoms with Gasteiger partial charge in [-0.05, 0) is 38.0 Å². The van der Waals surface area contributed by atoms with Crippen LogP contribution in [-0.2, 0) is 9.53 Å². The Morgan fingerprint density at radius 2 is 2.24 bits per heavy atom. The summed E-state index contributed by atoms with van der Waals surface area (Å²) in [6, 6.07) is 0. The molecular formula is C15H22O2. The summed E-state index contributed by atoms with van der Waals surface area (Å²) in [5, 5.41) is 0. The molecule has 2 saturated carbocycles. The van der Waals surface area contributed by atoms with Gasteiger partial charge in [0.15, 0.2) is 5.78 Å². The first-order valence-corrected chi connectivity index (χ1v) is 6.76. The lowest BCUT2D eigenvalue weighted by Crippen LogP contribution is -2.52. The van der Waals surface area contributed by atoms with Gasteiger partial charge in [0.1, 0.15) is 11.7 Å². The monoisotopic (exact) mass is 234 g/mol. The minimum absolute atomic E-state index is 0.0743. The van der Waals surface area contributed by atoms with E-state index in [1.54, 1.807) is 0 Å². The second kappa shape index (κ2) is 3.23. The molecule has 0 amide bonds. The van der Waals surface area contributed by atoms with Crippen LogP contribution in [0.4, 0.5) is 0 Å². The predicted molar refractivity (Wildman–Crippen MR) is 66.7 cm³/mol. The van der Waals surface area contributed by atoms with Crippen molar-refractivity contribution in [3.05, 3.63) is 12.2 Å². The maximum Gasteiger partial charge on any atom is 0.164 e. The third-order valence-electron chi connectivity index (χ3n) is 5.78. The van der Waals surface area contributed by atoms with Gasteiger partial charge in [0, 0.05) is 11.8 Å². The number of Topliss-reactive ketones (excluding diaryl/α,β-unsaturated/α-hetero) is 1. The molecule has 1 spiro atoms. The van der Waals surface area contributed by atoms with Crippen LogP contribution >= 0.6 is 0 Å². The Bertz CT molecular complexity index is 400. The lowest BCUT2D eigenvalue weighted by atomic mass is 9.53. The van der Waals surface area contributed by atoms with E-state index in [4.69, 9.17) is 4.74 Å². The summed E-state index contributed by atoms with van der Waals surface area (Å²) in [6.07, 6.45) is 3.96. The zero-order chi connectivity index (χ0) is 12.4. The minimum atomic E-state index is -0.103. The molecule has 1 heterocycles. The van der Waals surface area contributed by atoms with Crippen LogP contribution in [0.5, 0.6) is 0 Å². The van der Waals surface area contributed by atoms with Crippen molar-refractivity contribution in [1.29, 1.82) is 0 Å². The average Bonchev–Trinajstić information content (AvgIpc) is 2.98. The van der Waals surface area contributed by atoms with Crippen LogP contribution in [0.1, 0.15) is 46.5 Å². The van der Waals surface area contributed by atoms with Crippen molar-refractivity contribution >= 4 is 5.78 Å². The van der Waals surface area contributed by atoms with E-state index in [-0.39, 0.29) is 17.1 Å². The van der Waals surface area contributed by atoms with E-state index in [0.29, 0.717) is 24.0 Å². The summed E-state index contributed by atoms with van der Waals surface area (Å²) in [4.78, 5) is 11.9. The third kappa shape index (κ3) is 1.28. The van der Waals surface area contributed by atoms with Crippen molar-refractivity contribution in [3.63, 3.8) is 0 Å². The normalized spacial score (nSPS) is 52.6. The Hall–Kier alpha value is -0.630. The molecule has 1 saturated heterocycles. The van der Waals surface area contributed by atoms with E-state index >= 15 is 0 Å². The van der Waals surface area contributed by atoms with Crippen molar-refractivity contribution < 1.29 is 9.53 Å². The van der Waals surface area contributed by atoms with Crippen LogP contribution in [0.15, 0.2) is 12.2 Å². The zero-order valence-corrected chi connectivity index (χ0v) is 11.1. The maximum atomic E-state index is 11.9. The number of epoxide rings is 1. The molecule has 0 aromatic carbocycles. The number of carbonyl (C=O) groups excluding carboxylic acids is 1. The first-order chi connectivity index (χ1) is 7.91. The van der Waals surface area contributed by atoms with E-state index < -0.39 is 0 Å². The van der Waals surface area contributed by atoms with E-state index in [2.05, 4.69) is 27.4 Å². The van der Waals surface area contributed by atoms with Crippen LogP contribution in [0.3, 0.4) is 0 Å². The molecule has 0 bridgehead atoms. The third-order valence-corrected chi connectivity index (χ3v) is 5.78.